The lowest BCUT2D eigenvalue weighted by Crippen LogP contribution is -2.12. The van der Waals surface area contributed by atoms with Gasteiger partial charge in [0.15, 0.2) is 0 Å². The lowest BCUT2D eigenvalue weighted by molar-refractivity contribution is 0.102. The number of hydrogen-bond donors (Lipinski definition) is 1. The van der Waals surface area contributed by atoms with Crippen molar-refractivity contribution in [3.63, 3.8) is 0 Å². The van der Waals surface area contributed by atoms with E-state index < -0.39 is 5.24 Å². The van der Waals surface area contributed by atoms with E-state index in [4.69, 9.17) is 39.5 Å². The molecule has 33 heavy (non-hydrogen) atoms. The van der Waals surface area contributed by atoms with Crippen LogP contribution in [0.3, 0.4) is 0 Å². The van der Waals surface area contributed by atoms with E-state index in [1.165, 1.54) is 18.5 Å². The Balaban J connectivity index is 0.000000257. The normalized spacial score (nSPS) is 9.91. The summed E-state index contributed by atoms with van der Waals surface area (Å²) in [6, 6.07) is 23.0. The number of carbonyl (C=O) groups is 2. The van der Waals surface area contributed by atoms with Crippen LogP contribution in [0.4, 0.5) is 5.69 Å². The number of halogens is 3. The molecule has 0 fully saturated rings. The quantitative estimate of drug-likeness (QED) is 0.238. The molecule has 0 aliphatic heterocycles. The molecule has 2 aromatic heterocycles. The molecule has 2 heterocycles. The second-order valence-corrected chi connectivity index (χ2v) is 7.41. The predicted molar refractivity (Wildman–Crippen MR) is 130 cm³/mol. The van der Waals surface area contributed by atoms with Gasteiger partial charge in [0.05, 0.1) is 11.1 Å². The van der Waals surface area contributed by atoms with Crippen molar-refractivity contribution in [1.82, 2.24) is 9.97 Å². The molecule has 0 bridgehead atoms. The first-order chi connectivity index (χ1) is 15.9. The number of anilines is 1. The maximum Gasteiger partial charge on any atom is 0.258 e. The Morgan fingerprint density at radius 3 is 1.76 bits per heavy atom. The molecule has 2 aromatic carbocycles. The first-order valence-electron chi connectivity index (χ1n) is 9.49. The van der Waals surface area contributed by atoms with Crippen molar-refractivity contribution in [3.8, 4) is 11.5 Å². The van der Waals surface area contributed by atoms with E-state index in [1.807, 2.05) is 30.3 Å². The van der Waals surface area contributed by atoms with Crippen molar-refractivity contribution >= 4 is 51.6 Å². The third-order valence-corrected chi connectivity index (χ3v) is 4.87. The Morgan fingerprint density at radius 2 is 1.24 bits per heavy atom. The summed E-state index contributed by atoms with van der Waals surface area (Å²) in [6.07, 6.45) is 3.03. The van der Waals surface area contributed by atoms with Gasteiger partial charge in [0.2, 0.25) is 0 Å². The highest BCUT2D eigenvalue weighted by Gasteiger charge is 2.11. The van der Waals surface area contributed by atoms with Crippen LogP contribution in [0.2, 0.25) is 10.3 Å². The maximum absolute atomic E-state index is 12.1. The summed E-state index contributed by atoms with van der Waals surface area (Å²) in [5.74, 6) is 1.14. The van der Waals surface area contributed by atoms with Crippen LogP contribution < -0.4 is 10.1 Å². The molecule has 0 saturated heterocycles. The van der Waals surface area contributed by atoms with Gasteiger partial charge in [-0.3, -0.25) is 9.59 Å². The van der Waals surface area contributed by atoms with Crippen molar-refractivity contribution in [2.75, 3.05) is 5.32 Å². The molecule has 1 N–H and O–H groups in total. The Hall–Kier alpha value is -3.45. The van der Waals surface area contributed by atoms with Crippen LogP contribution in [-0.2, 0) is 0 Å². The average molecular weight is 501 g/mol. The van der Waals surface area contributed by atoms with E-state index in [2.05, 4.69) is 15.3 Å². The third kappa shape index (κ3) is 7.29. The van der Waals surface area contributed by atoms with Gasteiger partial charge in [-0.25, -0.2) is 9.97 Å². The van der Waals surface area contributed by atoms with Crippen LogP contribution in [0.25, 0.3) is 0 Å². The first kappa shape index (κ1) is 24.2. The molecular weight excluding hydrogens is 485 g/mol. The standard InChI is InChI=1S/C18H13ClN2O2.C6H3Cl2NO/c19-17-16(7-4-12-20-17)18(22)21-13-8-10-15(11-9-13)23-14-5-2-1-3-6-14;7-5-4(6(8)10)2-1-3-9-5/h1-12H,(H,21,22);1-3H. The molecule has 0 spiro atoms. The molecule has 4 rings (SSSR count). The third-order valence-electron chi connectivity index (χ3n) is 4.07. The van der Waals surface area contributed by atoms with Gasteiger partial charge in [-0.05, 0) is 72.3 Å². The summed E-state index contributed by atoms with van der Waals surface area (Å²) in [7, 11) is 0. The van der Waals surface area contributed by atoms with E-state index in [0.717, 1.165) is 5.75 Å². The van der Waals surface area contributed by atoms with Gasteiger partial charge < -0.3 is 10.1 Å². The smallest absolute Gasteiger partial charge is 0.258 e. The van der Waals surface area contributed by atoms with Gasteiger partial charge in [-0.1, -0.05) is 41.4 Å². The number of pyridine rings is 2. The van der Waals surface area contributed by atoms with Crippen molar-refractivity contribution in [2.24, 2.45) is 0 Å². The summed E-state index contributed by atoms with van der Waals surface area (Å²) in [5, 5.41) is 2.50. The number of carbonyl (C=O) groups excluding carboxylic acids is 2. The highest BCUT2D eigenvalue weighted by atomic mass is 35.5. The summed E-state index contributed by atoms with van der Waals surface area (Å²) in [5.41, 5.74) is 1.22. The second kappa shape index (κ2) is 12.0. The van der Waals surface area contributed by atoms with Crippen LogP contribution in [0.15, 0.2) is 91.3 Å². The molecule has 0 aliphatic rings. The van der Waals surface area contributed by atoms with Gasteiger partial charge in [0.25, 0.3) is 11.1 Å². The molecular formula is C24H16Cl3N3O3. The summed E-state index contributed by atoms with van der Waals surface area (Å²) >= 11 is 16.6. The van der Waals surface area contributed by atoms with Gasteiger partial charge in [0.1, 0.15) is 21.8 Å². The molecule has 0 unspecified atom stereocenters. The highest BCUT2D eigenvalue weighted by Crippen LogP contribution is 2.23. The summed E-state index contributed by atoms with van der Waals surface area (Å²) in [6.45, 7) is 0. The van der Waals surface area contributed by atoms with Crippen molar-refractivity contribution < 1.29 is 14.3 Å². The number of para-hydroxylation sites is 1. The fraction of sp³-hybridized carbons (Fsp3) is 0. The number of rotatable bonds is 5. The molecule has 0 saturated carbocycles. The van der Waals surface area contributed by atoms with Crippen molar-refractivity contribution in [1.29, 1.82) is 0 Å². The van der Waals surface area contributed by atoms with Gasteiger partial charge >= 0.3 is 0 Å². The number of hydrogen-bond acceptors (Lipinski definition) is 5. The van der Waals surface area contributed by atoms with Crippen LogP contribution in [0.1, 0.15) is 20.7 Å². The Morgan fingerprint density at radius 1 is 0.697 bits per heavy atom. The largest absolute Gasteiger partial charge is 0.457 e. The Kier molecular flexibility index (Phi) is 8.78. The molecule has 0 atom stereocenters. The molecule has 4 aromatic rings. The zero-order valence-electron chi connectivity index (χ0n) is 16.9. The monoisotopic (exact) mass is 499 g/mol. The topological polar surface area (TPSA) is 81.2 Å². The molecule has 0 aliphatic carbocycles. The fourth-order valence-electron chi connectivity index (χ4n) is 2.52. The van der Waals surface area contributed by atoms with Crippen LogP contribution >= 0.6 is 34.8 Å². The highest BCUT2D eigenvalue weighted by molar-refractivity contribution is 6.68. The van der Waals surface area contributed by atoms with Crippen molar-refractivity contribution in [2.45, 2.75) is 0 Å². The predicted octanol–water partition coefficient (Wildman–Crippen LogP) is 6.89. The van der Waals surface area contributed by atoms with E-state index in [9.17, 15) is 9.59 Å². The summed E-state index contributed by atoms with van der Waals surface area (Å²) < 4.78 is 5.70. The molecule has 9 heteroatoms. The van der Waals surface area contributed by atoms with Gasteiger partial charge in [0, 0.05) is 18.1 Å². The minimum atomic E-state index is -0.585. The number of nitrogens with one attached hydrogen (secondary N) is 1. The SMILES string of the molecule is O=C(Cl)c1cccnc1Cl.O=C(Nc1ccc(Oc2ccccc2)cc1)c1cccnc1Cl. The average Bonchev–Trinajstić information content (AvgIpc) is 2.82. The number of aromatic nitrogens is 2. The summed E-state index contributed by atoms with van der Waals surface area (Å²) in [4.78, 5) is 30.2. The zero-order valence-corrected chi connectivity index (χ0v) is 19.2. The number of amides is 1. The van der Waals surface area contributed by atoms with E-state index >= 15 is 0 Å². The number of nitrogens with zero attached hydrogens (tertiary/aromatic N) is 2. The molecule has 0 radical (unpaired) electrons. The molecule has 6 nitrogen and oxygen atoms in total. The second-order valence-electron chi connectivity index (χ2n) is 6.35. The van der Waals surface area contributed by atoms with E-state index in [1.54, 1.807) is 42.5 Å². The Labute approximate surface area is 205 Å². The maximum atomic E-state index is 12.1. The first-order valence-corrected chi connectivity index (χ1v) is 10.6. The number of benzene rings is 2. The van der Waals surface area contributed by atoms with Crippen LogP contribution in [-0.4, -0.2) is 21.1 Å². The van der Waals surface area contributed by atoms with Crippen LogP contribution in [0, 0.1) is 0 Å². The van der Waals surface area contributed by atoms with Crippen LogP contribution in [0.5, 0.6) is 11.5 Å². The minimum absolute atomic E-state index is 0.141. The van der Waals surface area contributed by atoms with Crippen molar-refractivity contribution in [3.05, 3.63) is 113 Å². The number of ether oxygens (including phenoxy) is 1. The molecule has 1 amide bonds. The van der Waals surface area contributed by atoms with Gasteiger partial charge in [-0.15, -0.1) is 0 Å². The van der Waals surface area contributed by atoms with Gasteiger partial charge in [-0.2, -0.15) is 0 Å². The zero-order chi connectivity index (χ0) is 23.6. The lowest BCUT2D eigenvalue weighted by atomic mass is 10.2. The van der Waals surface area contributed by atoms with E-state index in [-0.39, 0.29) is 21.8 Å². The van der Waals surface area contributed by atoms with E-state index in [0.29, 0.717) is 17.0 Å². The minimum Gasteiger partial charge on any atom is -0.457 e. The molecule has 166 valence electrons. The fourth-order valence-corrected chi connectivity index (χ4v) is 3.13. The lowest BCUT2D eigenvalue weighted by Gasteiger charge is -2.08. The Bertz CT molecular complexity index is 1240.